The van der Waals surface area contributed by atoms with E-state index in [9.17, 15) is 13.2 Å². The molecule has 0 fully saturated rings. The molecule has 0 aliphatic rings. The summed E-state index contributed by atoms with van der Waals surface area (Å²) in [7, 11) is -3.79. The first-order valence-electron chi connectivity index (χ1n) is 6.58. The molecule has 1 heterocycles. The highest BCUT2D eigenvalue weighted by atomic mass is 32.2. The van der Waals surface area contributed by atoms with Gasteiger partial charge in [-0.25, -0.2) is 13.2 Å². The van der Waals surface area contributed by atoms with Gasteiger partial charge in [-0.3, -0.25) is 0 Å². The molecular weight excluding hydrogens is 294 g/mol. The number of carbonyl (C=O) groups is 1. The predicted octanol–water partition coefficient (Wildman–Crippen LogP) is 1.69. The van der Waals surface area contributed by atoms with Crippen LogP contribution in [0.15, 0.2) is 17.2 Å². The lowest BCUT2D eigenvalue weighted by Crippen LogP contribution is -2.31. The van der Waals surface area contributed by atoms with Crippen LogP contribution in [-0.2, 0) is 10.0 Å². The molecule has 0 atom stereocenters. The van der Waals surface area contributed by atoms with Gasteiger partial charge < -0.3 is 9.67 Å². The zero-order valence-electron chi connectivity index (χ0n) is 12.3. The van der Waals surface area contributed by atoms with Crippen LogP contribution in [0.1, 0.15) is 43.7 Å². The van der Waals surface area contributed by atoms with Crippen LogP contribution >= 0.6 is 0 Å². The smallest absolute Gasteiger partial charge is 0.352 e. The Labute approximate surface area is 124 Å². The third-order valence-electron chi connectivity index (χ3n) is 3.06. The van der Waals surface area contributed by atoms with Crippen molar-refractivity contribution >= 4 is 16.0 Å². The molecule has 0 aromatic carbocycles. The van der Waals surface area contributed by atoms with Crippen LogP contribution in [0, 0.1) is 11.3 Å². The van der Waals surface area contributed by atoms with Gasteiger partial charge in [0.05, 0.1) is 6.07 Å². The maximum Gasteiger partial charge on any atom is 0.352 e. The van der Waals surface area contributed by atoms with E-state index >= 15 is 0 Å². The van der Waals surface area contributed by atoms with Crippen LogP contribution in [0.2, 0.25) is 0 Å². The summed E-state index contributed by atoms with van der Waals surface area (Å²) in [6.45, 7) is 5.53. The number of aromatic nitrogens is 1. The van der Waals surface area contributed by atoms with Gasteiger partial charge in [0.2, 0.25) is 10.0 Å². The molecule has 0 radical (unpaired) electrons. The van der Waals surface area contributed by atoms with Crippen molar-refractivity contribution in [1.82, 2.24) is 8.87 Å². The normalized spacial score (nSPS) is 11.8. The molecule has 1 rings (SSSR count). The number of hydrogen-bond donors (Lipinski definition) is 1. The lowest BCUT2D eigenvalue weighted by atomic mass is 10.3. The van der Waals surface area contributed by atoms with Gasteiger partial charge in [0.1, 0.15) is 10.6 Å². The molecule has 0 saturated heterocycles. The summed E-state index contributed by atoms with van der Waals surface area (Å²) in [4.78, 5) is 11.1. The molecule has 0 unspecified atom stereocenters. The summed E-state index contributed by atoms with van der Waals surface area (Å²) in [6.07, 6.45) is 1.42. The maximum absolute atomic E-state index is 12.5. The highest BCUT2D eigenvalue weighted by molar-refractivity contribution is 7.89. The number of nitriles is 1. The molecule has 0 aliphatic carbocycles. The first-order valence-corrected chi connectivity index (χ1v) is 8.02. The maximum atomic E-state index is 12.5. The Hall–Kier alpha value is -1.85. The van der Waals surface area contributed by atoms with E-state index in [-0.39, 0.29) is 36.1 Å². The van der Waals surface area contributed by atoms with Crippen LogP contribution in [-0.4, -0.2) is 41.5 Å². The molecule has 1 N–H and O–H groups in total. The van der Waals surface area contributed by atoms with Crippen molar-refractivity contribution in [3.05, 3.63) is 18.0 Å². The molecule has 0 bridgehead atoms. The Morgan fingerprint density at radius 1 is 1.52 bits per heavy atom. The molecule has 0 saturated carbocycles. The number of sulfonamides is 1. The first-order chi connectivity index (χ1) is 9.75. The van der Waals surface area contributed by atoms with Crippen molar-refractivity contribution in [2.45, 2.75) is 38.1 Å². The Morgan fingerprint density at radius 3 is 2.52 bits per heavy atom. The molecule has 0 spiro atoms. The quantitative estimate of drug-likeness (QED) is 0.825. The average molecular weight is 313 g/mol. The molecular formula is C13H19N3O4S. The third-order valence-corrected chi connectivity index (χ3v) is 5.00. The van der Waals surface area contributed by atoms with Gasteiger partial charge in [0, 0.05) is 31.7 Å². The van der Waals surface area contributed by atoms with E-state index < -0.39 is 16.0 Å². The summed E-state index contributed by atoms with van der Waals surface area (Å²) < 4.78 is 27.6. The molecule has 0 amide bonds. The summed E-state index contributed by atoms with van der Waals surface area (Å²) in [5.41, 5.74) is -0.0695. The average Bonchev–Trinajstić information content (AvgIpc) is 2.85. The molecule has 1 aromatic rings. The molecule has 116 valence electrons. The second-order valence-corrected chi connectivity index (χ2v) is 6.71. The lowest BCUT2D eigenvalue weighted by molar-refractivity contribution is 0.0683. The van der Waals surface area contributed by atoms with E-state index in [2.05, 4.69) is 0 Å². The van der Waals surface area contributed by atoms with Crippen LogP contribution < -0.4 is 0 Å². The van der Waals surface area contributed by atoms with Gasteiger partial charge in [-0.2, -0.15) is 9.57 Å². The molecule has 7 nitrogen and oxygen atoms in total. The second-order valence-electron chi connectivity index (χ2n) is 4.77. The lowest BCUT2D eigenvalue weighted by Gasteiger charge is -2.18. The molecule has 0 aliphatic heterocycles. The zero-order chi connectivity index (χ0) is 16.2. The van der Waals surface area contributed by atoms with Gasteiger partial charge in [-0.15, -0.1) is 0 Å². The van der Waals surface area contributed by atoms with Crippen molar-refractivity contribution in [3.8, 4) is 6.07 Å². The Kier molecular flexibility index (Phi) is 5.52. The van der Waals surface area contributed by atoms with Gasteiger partial charge in [0.15, 0.2) is 0 Å². The topological polar surface area (TPSA) is 103 Å². The largest absolute Gasteiger partial charge is 0.477 e. The van der Waals surface area contributed by atoms with Crippen LogP contribution in [0.3, 0.4) is 0 Å². The second kappa shape index (κ2) is 6.74. The minimum atomic E-state index is -3.79. The summed E-state index contributed by atoms with van der Waals surface area (Å²) in [5, 5.41) is 17.7. The first kappa shape index (κ1) is 17.2. The van der Waals surface area contributed by atoms with E-state index in [0.29, 0.717) is 0 Å². The fraction of sp³-hybridized carbons (Fsp3) is 0.538. The Balaban J connectivity index is 3.29. The molecule has 21 heavy (non-hydrogen) atoms. The minimum absolute atomic E-state index is 0.0617. The number of carboxylic acids is 1. The van der Waals surface area contributed by atoms with Gasteiger partial charge in [-0.05, 0) is 19.9 Å². The zero-order valence-corrected chi connectivity index (χ0v) is 13.1. The van der Waals surface area contributed by atoms with Crippen LogP contribution in [0.4, 0.5) is 0 Å². The van der Waals surface area contributed by atoms with E-state index in [4.69, 9.17) is 10.4 Å². The van der Waals surface area contributed by atoms with Crippen LogP contribution in [0.5, 0.6) is 0 Å². The fourth-order valence-corrected chi connectivity index (χ4v) is 3.44. The SMILES string of the molecule is CCN(CCC#N)S(=O)(=O)c1cc(C(=O)O)n(C(C)C)c1. The summed E-state index contributed by atoms with van der Waals surface area (Å²) in [5.74, 6) is -1.18. The van der Waals surface area contributed by atoms with E-state index in [1.54, 1.807) is 20.8 Å². The van der Waals surface area contributed by atoms with Gasteiger partial charge in [0.25, 0.3) is 0 Å². The van der Waals surface area contributed by atoms with Crippen molar-refractivity contribution in [2.75, 3.05) is 13.1 Å². The number of nitrogens with zero attached hydrogens (tertiary/aromatic N) is 3. The fourth-order valence-electron chi connectivity index (χ4n) is 1.97. The van der Waals surface area contributed by atoms with E-state index in [0.717, 1.165) is 6.07 Å². The monoisotopic (exact) mass is 313 g/mol. The molecule has 1 aromatic heterocycles. The van der Waals surface area contributed by atoms with Crippen molar-refractivity contribution in [1.29, 1.82) is 5.26 Å². The highest BCUT2D eigenvalue weighted by Gasteiger charge is 2.27. The summed E-state index contributed by atoms with van der Waals surface area (Å²) >= 11 is 0. The van der Waals surface area contributed by atoms with Gasteiger partial charge in [-0.1, -0.05) is 6.92 Å². The predicted molar refractivity (Wildman–Crippen MR) is 76.4 cm³/mol. The molecule has 8 heteroatoms. The Bertz CT molecular complexity index is 655. The number of rotatable bonds is 7. The third kappa shape index (κ3) is 3.62. The van der Waals surface area contributed by atoms with E-state index in [1.807, 2.05) is 6.07 Å². The highest BCUT2D eigenvalue weighted by Crippen LogP contribution is 2.22. The van der Waals surface area contributed by atoms with Gasteiger partial charge >= 0.3 is 5.97 Å². The number of aromatic carboxylic acids is 1. The standard InChI is InChI=1S/C13H19N3O4S/c1-4-15(7-5-6-14)21(19,20)11-8-12(13(17)18)16(9-11)10(2)3/h8-10H,4-5,7H2,1-3H3,(H,17,18). The van der Waals surface area contributed by atoms with Crippen molar-refractivity contribution in [2.24, 2.45) is 0 Å². The van der Waals surface area contributed by atoms with E-state index in [1.165, 1.54) is 15.1 Å². The Morgan fingerprint density at radius 2 is 2.14 bits per heavy atom. The number of carboxylic acid groups (broad SMARTS) is 1. The minimum Gasteiger partial charge on any atom is -0.477 e. The van der Waals surface area contributed by atoms with Crippen molar-refractivity contribution in [3.63, 3.8) is 0 Å². The van der Waals surface area contributed by atoms with Crippen LogP contribution in [0.25, 0.3) is 0 Å². The van der Waals surface area contributed by atoms with Crippen molar-refractivity contribution < 1.29 is 18.3 Å². The number of hydrogen-bond acceptors (Lipinski definition) is 4. The summed E-state index contributed by atoms with van der Waals surface area (Å²) in [6, 6.07) is 2.89.